The number of ketones is 1. The summed E-state index contributed by atoms with van der Waals surface area (Å²) in [5.74, 6) is 1.05. The fraction of sp³-hybridized carbons (Fsp3) is 0.769. The molecule has 2 rings (SSSR count). The molecule has 1 atom stereocenters. The lowest BCUT2D eigenvalue weighted by Crippen LogP contribution is -2.11. The summed E-state index contributed by atoms with van der Waals surface area (Å²) in [4.78, 5) is 16.2. The van der Waals surface area contributed by atoms with E-state index >= 15 is 0 Å². The van der Waals surface area contributed by atoms with Crippen molar-refractivity contribution >= 4 is 5.78 Å². The zero-order valence-electron chi connectivity index (χ0n) is 10.9. The molecular formula is C13H20N2O3. The number of hydrogen-bond acceptors (Lipinski definition) is 5. The fourth-order valence-corrected chi connectivity index (χ4v) is 2.20. The Kier molecular flexibility index (Phi) is 4.87. The Balaban J connectivity index is 1.97. The van der Waals surface area contributed by atoms with E-state index in [2.05, 4.69) is 10.1 Å². The van der Waals surface area contributed by atoms with Crippen LogP contribution in [0.15, 0.2) is 4.52 Å². The molecule has 1 fully saturated rings. The van der Waals surface area contributed by atoms with Crippen molar-refractivity contribution in [3.63, 3.8) is 0 Å². The Morgan fingerprint density at radius 1 is 1.39 bits per heavy atom. The molecule has 5 heteroatoms. The van der Waals surface area contributed by atoms with Crippen LogP contribution in [-0.4, -0.2) is 22.5 Å². The summed E-state index contributed by atoms with van der Waals surface area (Å²) in [6.45, 7) is 3.09. The summed E-state index contributed by atoms with van der Waals surface area (Å²) in [5, 5.41) is 3.86. The van der Waals surface area contributed by atoms with Gasteiger partial charge in [-0.15, -0.1) is 0 Å². The van der Waals surface area contributed by atoms with Crippen molar-refractivity contribution in [3.8, 4) is 0 Å². The average Bonchev–Trinajstić information content (AvgIpc) is 2.72. The molecule has 100 valence electrons. The van der Waals surface area contributed by atoms with E-state index in [1.54, 1.807) is 0 Å². The SMILES string of the molecule is CCCOCc1noc(C2CCCCCC2=O)n1. The maximum atomic E-state index is 11.9. The quantitative estimate of drug-likeness (QED) is 0.595. The molecule has 0 spiro atoms. The van der Waals surface area contributed by atoms with E-state index in [1.165, 1.54) is 0 Å². The Morgan fingerprint density at radius 3 is 3.11 bits per heavy atom. The van der Waals surface area contributed by atoms with Gasteiger partial charge in [0.1, 0.15) is 12.4 Å². The van der Waals surface area contributed by atoms with E-state index in [-0.39, 0.29) is 11.7 Å². The van der Waals surface area contributed by atoms with Crippen LogP contribution in [0.1, 0.15) is 63.1 Å². The van der Waals surface area contributed by atoms with Gasteiger partial charge >= 0.3 is 0 Å². The highest BCUT2D eigenvalue weighted by atomic mass is 16.5. The molecule has 0 saturated heterocycles. The van der Waals surface area contributed by atoms with E-state index in [0.717, 1.165) is 32.1 Å². The molecule has 5 nitrogen and oxygen atoms in total. The normalized spacial score (nSPS) is 20.9. The van der Waals surface area contributed by atoms with E-state index in [4.69, 9.17) is 9.26 Å². The zero-order chi connectivity index (χ0) is 12.8. The second-order valence-electron chi connectivity index (χ2n) is 4.72. The molecule has 1 aromatic rings. The van der Waals surface area contributed by atoms with Crippen LogP contribution in [-0.2, 0) is 16.1 Å². The van der Waals surface area contributed by atoms with Crippen molar-refractivity contribution < 1.29 is 14.1 Å². The molecule has 0 radical (unpaired) electrons. The highest BCUT2D eigenvalue weighted by molar-refractivity contribution is 5.84. The number of carbonyl (C=O) groups is 1. The lowest BCUT2D eigenvalue weighted by molar-refractivity contribution is -0.120. The number of hydrogen-bond donors (Lipinski definition) is 0. The summed E-state index contributed by atoms with van der Waals surface area (Å²) in [6, 6.07) is 0. The van der Waals surface area contributed by atoms with Crippen LogP contribution in [0.3, 0.4) is 0 Å². The molecular weight excluding hydrogens is 232 g/mol. The first-order valence-electron chi connectivity index (χ1n) is 6.74. The highest BCUT2D eigenvalue weighted by Gasteiger charge is 2.27. The topological polar surface area (TPSA) is 65.2 Å². The molecule has 18 heavy (non-hydrogen) atoms. The smallest absolute Gasteiger partial charge is 0.237 e. The van der Waals surface area contributed by atoms with Gasteiger partial charge in [0.25, 0.3) is 0 Å². The van der Waals surface area contributed by atoms with Gasteiger partial charge in [0, 0.05) is 13.0 Å². The molecule has 1 aliphatic carbocycles. The van der Waals surface area contributed by atoms with Crippen molar-refractivity contribution in [3.05, 3.63) is 11.7 Å². The van der Waals surface area contributed by atoms with Crippen LogP contribution in [0.2, 0.25) is 0 Å². The number of Topliss-reactive ketones (excluding diaryl/α,β-unsaturated/α-hetero) is 1. The minimum absolute atomic E-state index is 0.195. The van der Waals surface area contributed by atoms with Gasteiger partial charge in [-0.1, -0.05) is 24.9 Å². The van der Waals surface area contributed by atoms with E-state index < -0.39 is 0 Å². The highest BCUT2D eigenvalue weighted by Crippen LogP contribution is 2.27. The first kappa shape index (κ1) is 13.2. The lowest BCUT2D eigenvalue weighted by Gasteiger charge is -2.06. The number of nitrogens with zero attached hydrogens (tertiary/aromatic N) is 2. The molecule has 0 bridgehead atoms. The van der Waals surface area contributed by atoms with E-state index in [1.807, 2.05) is 6.92 Å². The number of carbonyl (C=O) groups excluding carboxylic acids is 1. The number of aromatic nitrogens is 2. The fourth-order valence-electron chi connectivity index (χ4n) is 2.20. The summed E-state index contributed by atoms with van der Waals surface area (Å²) in [5.41, 5.74) is 0. The second-order valence-corrected chi connectivity index (χ2v) is 4.72. The summed E-state index contributed by atoms with van der Waals surface area (Å²) < 4.78 is 10.5. The summed E-state index contributed by atoms with van der Waals surface area (Å²) in [6.07, 6.45) is 5.58. The van der Waals surface area contributed by atoms with E-state index in [0.29, 0.717) is 31.3 Å². The maximum absolute atomic E-state index is 11.9. The van der Waals surface area contributed by atoms with Crippen molar-refractivity contribution in [1.82, 2.24) is 10.1 Å². The Hall–Kier alpha value is -1.23. The standard InChI is InChI=1S/C13H20N2O3/c1-2-8-17-9-12-14-13(18-15-12)10-6-4-3-5-7-11(10)16/h10H,2-9H2,1H3. The third-order valence-electron chi connectivity index (χ3n) is 3.17. The zero-order valence-corrected chi connectivity index (χ0v) is 10.9. The number of rotatable bonds is 5. The minimum atomic E-state index is -0.195. The summed E-state index contributed by atoms with van der Waals surface area (Å²) in [7, 11) is 0. The molecule has 1 aromatic heterocycles. The van der Waals surface area contributed by atoms with Crippen molar-refractivity contribution in [2.24, 2.45) is 0 Å². The third-order valence-corrected chi connectivity index (χ3v) is 3.17. The largest absolute Gasteiger partial charge is 0.373 e. The Bertz CT molecular complexity index is 389. The molecule has 1 heterocycles. The van der Waals surface area contributed by atoms with Gasteiger partial charge in [-0.25, -0.2) is 0 Å². The van der Waals surface area contributed by atoms with Crippen molar-refractivity contribution in [2.75, 3.05) is 6.61 Å². The maximum Gasteiger partial charge on any atom is 0.237 e. The van der Waals surface area contributed by atoms with Gasteiger partial charge < -0.3 is 9.26 Å². The van der Waals surface area contributed by atoms with Gasteiger partial charge in [0.15, 0.2) is 5.82 Å². The Labute approximate surface area is 107 Å². The van der Waals surface area contributed by atoms with Crippen LogP contribution in [0.4, 0.5) is 0 Å². The number of ether oxygens (including phenoxy) is 1. The van der Waals surface area contributed by atoms with Crippen molar-refractivity contribution in [1.29, 1.82) is 0 Å². The monoisotopic (exact) mass is 252 g/mol. The molecule has 1 saturated carbocycles. The predicted molar refractivity (Wildman–Crippen MR) is 65.1 cm³/mol. The van der Waals surface area contributed by atoms with Gasteiger partial charge in [0.05, 0.1) is 5.92 Å². The van der Waals surface area contributed by atoms with Gasteiger partial charge in [-0.2, -0.15) is 4.98 Å². The van der Waals surface area contributed by atoms with Crippen LogP contribution < -0.4 is 0 Å². The molecule has 0 aromatic carbocycles. The van der Waals surface area contributed by atoms with Crippen LogP contribution in [0.5, 0.6) is 0 Å². The molecule has 1 aliphatic rings. The second kappa shape index (κ2) is 6.64. The summed E-state index contributed by atoms with van der Waals surface area (Å²) >= 11 is 0. The molecule has 0 aliphatic heterocycles. The van der Waals surface area contributed by atoms with Gasteiger partial charge in [0.2, 0.25) is 5.89 Å². The molecule has 1 unspecified atom stereocenters. The molecule has 0 N–H and O–H groups in total. The van der Waals surface area contributed by atoms with Crippen LogP contribution >= 0.6 is 0 Å². The molecule has 0 amide bonds. The van der Waals surface area contributed by atoms with Gasteiger partial charge in [-0.05, 0) is 19.3 Å². The first-order chi connectivity index (χ1) is 8.81. The first-order valence-corrected chi connectivity index (χ1v) is 6.74. The average molecular weight is 252 g/mol. The van der Waals surface area contributed by atoms with Crippen molar-refractivity contribution in [2.45, 2.75) is 58.0 Å². The lowest BCUT2D eigenvalue weighted by atomic mass is 9.99. The third kappa shape index (κ3) is 3.38. The van der Waals surface area contributed by atoms with Crippen LogP contribution in [0, 0.1) is 0 Å². The van der Waals surface area contributed by atoms with Crippen LogP contribution in [0.25, 0.3) is 0 Å². The van der Waals surface area contributed by atoms with Gasteiger partial charge in [-0.3, -0.25) is 4.79 Å². The predicted octanol–water partition coefficient (Wildman–Crippen LogP) is 2.61. The van der Waals surface area contributed by atoms with E-state index in [9.17, 15) is 4.79 Å². The Morgan fingerprint density at radius 2 is 2.28 bits per heavy atom. The minimum Gasteiger partial charge on any atom is -0.373 e.